The molecule has 123 heavy (non-hydrogen) atoms. The van der Waals surface area contributed by atoms with E-state index >= 15 is 0 Å². The Hall–Kier alpha value is -12.6. The van der Waals surface area contributed by atoms with Gasteiger partial charge in [0.15, 0.2) is 35.3 Å². The number of anilines is 12. The summed E-state index contributed by atoms with van der Waals surface area (Å²) in [6.45, 7) is 29.2. The van der Waals surface area contributed by atoms with E-state index in [1.807, 2.05) is 91.8 Å². The fourth-order valence-electron chi connectivity index (χ4n) is 13.8. The van der Waals surface area contributed by atoms with Crippen LogP contribution in [0, 0.1) is 13.8 Å². The molecular weight excluding hydrogens is 1650 g/mol. The minimum Gasteiger partial charge on any atom is -0.489 e. The molecule has 6 aromatic heterocycles. The van der Waals surface area contributed by atoms with Crippen LogP contribution in [0.15, 0.2) is 142 Å². The van der Waals surface area contributed by atoms with Gasteiger partial charge in [0.1, 0.15) is 45.3 Å². The number of carbonyl (C=O) groups excluding carboxylic acids is 2. The Morgan fingerprint density at radius 2 is 0.748 bits per heavy atom. The van der Waals surface area contributed by atoms with Gasteiger partial charge in [0.25, 0.3) is 0 Å². The number of nitrogens with one attached hydrogen (secondary N) is 9. The van der Waals surface area contributed by atoms with Gasteiger partial charge >= 0.3 is 11.9 Å². The van der Waals surface area contributed by atoms with Crippen molar-refractivity contribution in [1.82, 2.24) is 60.5 Å². The van der Waals surface area contributed by atoms with E-state index in [2.05, 4.69) is 92.4 Å². The highest BCUT2D eigenvalue weighted by atomic mass is 35.5. The van der Waals surface area contributed by atoms with Crippen LogP contribution in [0.3, 0.4) is 0 Å². The van der Waals surface area contributed by atoms with Gasteiger partial charge in [0, 0.05) is 76.2 Å². The molecule has 32 nitrogen and oxygen atoms in total. The average Bonchev–Trinajstić information content (AvgIpc) is 1.53. The first kappa shape index (κ1) is 88.2. The van der Waals surface area contributed by atoms with Crippen molar-refractivity contribution in [2.45, 2.75) is 185 Å². The first-order valence-corrected chi connectivity index (χ1v) is 45.1. The Morgan fingerprint density at radius 1 is 0.431 bits per heavy atom. The monoisotopic (exact) mass is 1750 g/mol. The zero-order valence-corrected chi connectivity index (χ0v) is 73.9. The van der Waals surface area contributed by atoms with Crippen LogP contribution in [-0.4, -0.2) is 150 Å². The summed E-state index contributed by atoms with van der Waals surface area (Å²) in [4.78, 5) is 52.6. The fourth-order valence-corrected chi connectivity index (χ4v) is 17.6. The largest absolute Gasteiger partial charge is 0.489 e. The zero-order chi connectivity index (χ0) is 88.3. The molecule has 0 aliphatic heterocycles. The average molecular weight is 1750 g/mol. The Morgan fingerprint density at radius 3 is 1.09 bits per heavy atom. The van der Waals surface area contributed by atoms with Gasteiger partial charge in [0.05, 0.1) is 132 Å². The van der Waals surface area contributed by atoms with Crippen LogP contribution in [0.5, 0.6) is 17.2 Å². The Balaban J connectivity index is 0.000000159. The maximum atomic E-state index is 13.0. The highest BCUT2D eigenvalue weighted by molar-refractivity contribution is 7.92. The summed E-state index contributed by atoms with van der Waals surface area (Å²) in [5.41, 5.74) is 16.3. The number of fused-ring (bicyclic) bond motifs is 9. The lowest BCUT2D eigenvalue weighted by molar-refractivity contribution is 0.0509. The van der Waals surface area contributed by atoms with Crippen LogP contribution in [0.25, 0.3) is 33.8 Å². The van der Waals surface area contributed by atoms with E-state index in [9.17, 15) is 39.9 Å². The smallest absolute Gasteiger partial charge is 0.356 e. The van der Waals surface area contributed by atoms with Crippen molar-refractivity contribution in [2.24, 2.45) is 0 Å². The van der Waals surface area contributed by atoms with Gasteiger partial charge in [-0.15, -0.1) is 0 Å². The highest BCUT2D eigenvalue weighted by Gasteiger charge is 2.35. The molecule has 12 aromatic rings. The van der Waals surface area contributed by atoms with Crippen LogP contribution in [0.1, 0.15) is 168 Å². The molecule has 0 bridgehead atoms. The number of aromatic amines is 3. The van der Waals surface area contributed by atoms with Crippen LogP contribution in [0.2, 0.25) is 5.02 Å². The number of nitrogens with zero attached hydrogens (tertiary/aromatic N) is 9. The third kappa shape index (κ3) is 18.9. The molecule has 36 heteroatoms. The molecule has 0 saturated heterocycles. The molecule has 0 radical (unpaired) electrons. The Kier molecular flexibility index (Phi) is 26.3. The summed E-state index contributed by atoms with van der Waals surface area (Å²) in [5.74, 6) is 2.89. The molecule has 3 aliphatic carbocycles. The molecule has 0 spiro atoms. The van der Waals surface area contributed by atoms with E-state index in [0.717, 1.165) is 66.9 Å². The number of benzene rings is 6. The topological polar surface area (TPSA) is 438 Å². The van der Waals surface area contributed by atoms with Crippen molar-refractivity contribution < 1.29 is 63.6 Å². The molecule has 6 aromatic carbocycles. The number of esters is 2. The third-order valence-corrected chi connectivity index (χ3v) is 26.9. The standard InChI is InChI=1S/C30H34N6O5S.C29H31ClN6O5S.C28H32N6O4S/c1-7-40-29(37)27-21-12-19-13-24(41-16(2)3)23(14-20(19)26(21)35-36-27)33-30-31-15-18(6)28(34-30)32-22-10-8-9-11-25(22)42(38,39)17(4)5;1-6-40-28(37)26-19-11-17-12-23(41-15(2)3)22(13-18(17)25(19)35-36-26)33-29-31-14-20(30)27(34-29)32-21-9-7-8-10-24(21)42(38,39)16(4)5;1-15(2)38-24-11-18-10-20-23(14-35)33-34-26(20)19(18)12-22(24)31-28-29-13-17(5)27(32-28)30-21-8-6-7-9-25(21)39(36,37)16(3)4/h8-11,13-17H,7,12H2,1-6H3,(H,35,36)(H2,31,32,33,34);7-10,12-16H,6,11H2,1-5H3,(H,35,36)(H2,31,32,33,34);6-9,11-13,15-16,35H,10,14H2,1-5H3,(H,33,34)(H2,29,30,31,32). The van der Waals surface area contributed by atoms with E-state index in [1.165, 1.54) is 6.20 Å². The van der Waals surface area contributed by atoms with Gasteiger partial charge in [-0.25, -0.2) is 49.8 Å². The fraction of sp³-hybridized carbons (Fsp3) is 0.322. The predicted molar refractivity (Wildman–Crippen MR) is 472 cm³/mol. The Bertz CT molecular complexity index is 6130. The number of ether oxygens (including phenoxy) is 5. The molecule has 0 fully saturated rings. The lowest BCUT2D eigenvalue weighted by Gasteiger charge is -2.18. The summed E-state index contributed by atoms with van der Waals surface area (Å²) in [6, 6.07) is 31.8. The van der Waals surface area contributed by atoms with Crippen LogP contribution in [0.4, 0.5) is 69.4 Å². The van der Waals surface area contributed by atoms with Crippen molar-refractivity contribution in [2.75, 3.05) is 45.1 Å². The molecule has 10 N–H and O–H groups in total. The number of aryl methyl sites for hydroxylation is 2. The number of hydrogen-bond donors (Lipinski definition) is 10. The van der Waals surface area contributed by atoms with Gasteiger partial charge < -0.3 is 60.7 Å². The summed E-state index contributed by atoms with van der Waals surface area (Å²) < 4.78 is 106. The second-order valence-corrected chi connectivity index (χ2v) is 38.7. The predicted octanol–water partition coefficient (Wildman–Crippen LogP) is 16.8. The van der Waals surface area contributed by atoms with Crippen molar-refractivity contribution in [3.63, 3.8) is 0 Å². The van der Waals surface area contributed by atoms with Crippen LogP contribution < -0.4 is 46.1 Å². The molecule has 0 atom stereocenters. The molecule has 0 unspecified atom stereocenters. The van der Waals surface area contributed by atoms with Crippen molar-refractivity contribution in [3.05, 3.63) is 194 Å². The number of rotatable bonds is 29. The molecule has 3 aliphatic rings. The van der Waals surface area contributed by atoms with Crippen LogP contribution >= 0.6 is 11.6 Å². The van der Waals surface area contributed by atoms with Crippen molar-refractivity contribution in [1.29, 1.82) is 0 Å². The number of para-hydroxylation sites is 3. The minimum absolute atomic E-state index is 0.0636. The van der Waals surface area contributed by atoms with E-state index in [-0.39, 0.29) is 75.6 Å². The number of aliphatic hydroxyl groups is 1. The molecule has 0 amide bonds. The molecule has 644 valence electrons. The zero-order valence-electron chi connectivity index (χ0n) is 70.7. The van der Waals surface area contributed by atoms with Crippen LogP contribution in [-0.2, 0) is 64.9 Å². The second kappa shape index (κ2) is 36.6. The van der Waals surface area contributed by atoms with E-state index in [1.54, 1.807) is 141 Å². The number of aliphatic hydroxyl groups excluding tert-OH is 1. The van der Waals surface area contributed by atoms with E-state index in [4.69, 9.17) is 35.3 Å². The van der Waals surface area contributed by atoms with Gasteiger partial charge in [0.2, 0.25) is 17.8 Å². The summed E-state index contributed by atoms with van der Waals surface area (Å²) in [7, 11) is -10.6. The molecule has 15 rings (SSSR count). The number of H-pyrrole nitrogens is 3. The first-order valence-electron chi connectivity index (χ1n) is 40.0. The number of sulfone groups is 3. The normalized spacial score (nSPS) is 12.4. The first-order chi connectivity index (χ1) is 58.6. The maximum Gasteiger partial charge on any atom is 0.356 e. The van der Waals surface area contributed by atoms with Gasteiger partial charge in [-0.1, -0.05) is 48.0 Å². The quantitative estimate of drug-likeness (QED) is 0.0195. The summed E-state index contributed by atoms with van der Waals surface area (Å²) in [5, 5.41) is 49.1. The molecule has 0 saturated carbocycles. The minimum atomic E-state index is -3.57. The number of hydrogen-bond acceptors (Lipinski definition) is 29. The van der Waals surface area contributed by atoms with Gasteiger partial charge in [-0.3, -0.25) is 15.3 Å². The maximum absolute atomic E-state index is 13.0. The van der Waals surface area contributed by atoms with Crippen molar-refractivity contribution >= 4 is 122 Å². The second-order valence-electron chi connectivity index (χ2n) is 30.9. The van der Waals surface area contributed by atoms with Gasteiger partial charge in [-0.05, 0) is 200 Å². The number of halogens is 1. The Labute approximate surface area is 718 Å². The molecule has 6 heterocycles. The lowest BCUT2D eigenvalue weighted by Crippen LogP contribution is -2.16. The number of aromatic nitrogens is 12. The van der Waals surface area contributed by atoms with Crippen molar-refractivity contribution in [3.8, 4) is 51.0 Å². The third-order valence-electron chi connectivity index (χ3n) is 20.0. The van der Waals surface area contributed by atoms with E-state index < -0.39 is 57.2 Å². The SMILES string of the molecule is CCOC(=O)c1[nH]nc2c1Cc1cc(OC(C)C)c(Nc3ncc(C)c(Nc4ccccc4S(=O)(=O)C(C)C)n3)cc1-2.CCOC(=O)c1[nH]nc2c1Cc1cc(OC(C)C)c(Nc3ncc(Cl)c(Nc4ccccc4S(=O)(=O)C(C)C)n3)cc1-2.Cc1cnc(Nc2cc3c(cc2OC(C)C)Cc2c-3n[nH]c2CO)nc1Nc1ccccc1S(=O)(=O)C(C)C. The highest BCUT2D eigenvalue weighted by Crippen LogP contribution is 2.48. The summed E-state index contributed by atoms with van der Waals surface area (Å²) in [6.07, 6.45) is 6.12. The van der Waals surface area contributed by atoms with Gasteiger partial charge in [-0.2, -0.15) is 30.2 Å². The lowest BCUT2D eigenvalue weighted by atomic mass is 10.1. The van der Waals surface area contributed by atoms with E-state index in [0.29, 0.717) is 117 Å². The summed E-state index contributed by atoms with van der Waals surface area (Å²) >= 11 is 6.42. The molecular formula is C87H97ClN18O14S3. The number of carbonyl (C=O) groups is 2.